The molecule has 0 atom stereocenters. The Bertz CT molecular complexity index is 826. The third kappa shape index (κ3) is 4.20. The van der Waals surface area contributed by atoms with Crippen molar-refractivity contribution in [1.82, 2.24) is 4.98 Å². The van der Waals surface area contributed by atoms with E-state index in [0.717, 1.165) is 16.3 Å². The van der Waals surface area contributed by atoms with E-state index in [2.05, 4.69) is 47.7 Å². The molecule has 3 aromatic rings. The van der Waals surface area contributed by atoms with Gasteiger partial charge >= 0.3 is 0 Å². The Morgan fingerprint density at radius 1 is 1.17 bits per heavy atom. The van der Waals surface area contributed by atoms with Crippen molar-refractivity contribution in [2.45, 2.75) is 20.3 Å². The third-order valence-electron chi connectivity index (χ3n) is 3.62. The molecule has 0 spiro atoms. The smallest absolute Gasteiger partial charge is 0.230 e. The zero-order valence-electron chi connectivity index (χ0n) is 13.7. The van der Waals surface area contributed by atoms with Crippen molar-refractivity contribution in [3.63, 3.8) is 0 Å². The minimum Gasteiger partial charge on any atom is -0.354 e. The molecular formula is C19H19N3OS. The fourth-order valence-electron chi connectivity index (χ4n) is 2.33. The molecule has 122 valence electrons. The second-order valence-electron chi connectivity index (χ2n) is 5.68. The van der Waals surface area contributed by atoms with Crippen LogP contribution in [0.1, 0.15) is 16.0 Å². The van der Waals surface area contributed by atoms with E-state index >= 15 is 0 Å². The number of hydrogen-bond donors (Lipinski definition) is 2. The van der Waals surface area contributed by atoms with E-state index in [1.54, 1.807) is 23.6 Å². The molecule has 0 unspecified atom stereocenters. The number of nitrogens with zero attached hydrogens (tertiary/aromatic N) is 1. The summed E-state index contributed by atoms with van der Waals surface area (Å²) in [5.41, 5.74) is 4.33. The molecule has 0 saturated heterocycles. The Morgan fingerprint density at radius 3 is 2.75 bits per heavy atom. The van der Waals surface area contributed by atoms with Crippen LogP contribution < -0.4 is 10.6 Å². The van der Waals surface area contributed by atoms with Gasteiger partial charge in [0, 0.05) is 10.6 Å². The number of thiophene rings is 1. The predicted molar refractivity (Wildman–Crippen MR) is 100 cm³/mol. The van der Waals surface area contributed by atoms with Gasteiger partial charge in [0.15, 0.2) is 0 Å². The first kappa shape index (κ1) is 16.2. The summed E-state index contributed by atoms with van der Waals surface area (Å²) in [6.07, 6.45) is 2.10. The van der Waals surface area contributed by atoms with Crippen LogP contribution in [0.15, 0.2) is 54.0 Å². The van der Waals surface area contributed by atoms with E-state index in [9.17, 15) is 4.79 Å². The standard InChI is InChI=1S/C19H19N3OS/c1-13-5-6-14(2)17(10-13)21-15-7-8-18(20-12-15)22-19(23)11-16-4-3-9-24-16/h3-10,12,21H,11H2,1-2H3,(H,20,22,23). The monoisotopic (exact) mass is 337 g/mol. The van der Waals surface area contributed by atoms with Crippen molar-refractivity contribution in [1.29, 1.82) is 0 Å². The number of carbonyl (C=O) groups is 1. The van der Waals surface area contributed by atoms with Crippen molar-refractivity contribution in [3.8, 4) is 0 Å². The number of aromatic nitrogens is 1. The summed E-state index contributed by atoms with van der Waals surface area (Å²) in [5.74, 6) is 0.503. The van der Waals surface area contributed by atoms with Gasteiger partial charge < -0.3 is 10.6 Å². The number of rotatable bonds is 5. The molecule has 4 nitrogen and oxygen atoms in total. The minimum absolute atomic E-state index is 0.0554. The van der Waals surface area contributed by atoms with Crippen LogP contribution in [0.3, 0.4) is 0 Å². The fraction of sp³-hybridized carbons (Fsp3) is 0.158. The Morgan fingerprint density at radius 2 is 2.04 bits per heavy atom. The van der Waals surface area contributed by atoms with Crippen LogP contribution in [0.4, 0.5) is 17.2 Å². The number of hydrogen-bond acceptors (Lipinski definition) is 4. The van der Waals surface area contributed by atoms with Crippen LogP contribution >= 0.6 is 11.3 Å². The largest absolute Gasteiger partial charge is 0.354 e. The molecule has 0 aliphatic carbocycles. The maximum Gasteiger partial charge on any atom is 0.230 e. The predicted octanol–water partition coefficient (Wildman–Crippen LogP) is 4.68. The minimum atomic E-state index is -0.0554. The highest BCUT2D eigenvalue weighted by Gasteiger charge is 2.06. The molecule has 5 heteroatoms. The lowest BCUT2D eigenvalue weighted by molar-refractivity contribution is -0.115. The number of nitrogens with one attached hydrogen (secondary N) is 2. The SMILES string of the molecule is Cc1ccc(C)c(Nc2ccc(NC(=O)Cc3cccs3)nc2)c1. The summed E-state index contributed by atoms with van der Waals surface area (Å²) < 4.78 is 0. The van der Waals surface area contributed by atoms with Crippen LogP contribution in [0, 0.1) is 13.8 Å². The maximum atomic E-state index is 12.0. The molecule has 0 radical (unpaired) electrons. The Kier molecular flexibility index (Phi) is 4.91. The van der Waals surface area contributed by atoms with Crippen molar-refractivity contribution >= 4 is 34.4 Å². The Hall–Kier alpha value is -2.66. The van der Waals surface area contributed by atoms with Gasteiger partial charge in [-0.25, -0.2) is 4.98 Å². The molecule has 0 bridgehead atoms. The summed E-state index contributed by atoms with van der Waals surface area (Å²) in [7, 11) is 0. The highest BCUT2D eigenvalue weighted by Crippen LogP contribution is 2.22. The lowest BCUT2D eigenvalue weighted by Gasteiger charge is -2.11. The number of amides is 1. The molecule has 0 fully saturated rings. The van der Waals surface area contributed by atoms with Crippen molar-refractivity contribution in [2.75, 3.05) is 10.6 Å². The molecule has 0 aliphatic heterocycles. The van der Waals surface area contributed by atoms with Crippen LogP contribution in [0.2, 0.25) is 0 Å². The van der Waals surface area contributed by atoms with Gasteiger partial charge in [-0.2, -0.15) is 0 Å². The molecule has 2 heterocycles. The van der Waals surface area contributed by atoms with Gasteiger partial charge in [-0.1, -0.05) is 18.2 Å². The van der Waals surface area contributed by atoms with E-state index < -0.39 is 0 Å². The summed E-state index contributed by atoms with van der Waals surface area (Å²) in [5, 5.41) is 8.14. The number of pyridine rings is 1. The maximum absolute atomic E-state index is 12.0. The van der Waals surface area contributed by atoms with Gasteiger partial charge in [0.2, 0.25) is 5.91 Å². The van der Waals surface area contributed by atoms with E-state index in [1.165, 1.54) is 11.1 Å². The van der Waals surface area contributed by atoms with E-state index in [4.69, 9.17) is 0 Å². The van der Waals surface area contributed by atoms with Gasteiger partial charge in [0.05, 0.1) is 18.3 Å². The summed E-state index contributed by atoms with van der Waals surface area (Å²) in [6, 6.07) is 13.9. The van der Waals surface area contributed by atoms with Gasteiger partial charge in [-0.05, 0) is 54.6 Å². The zero-order chi connectivity index (χ0) is 16.9. The molecular weight excluding hydrogens is 318 g/mol. The summed E-state index contributed by atoms with van der Waals surface area (Å²) >= 11 is 1.58. The summed E-state index contributed by atoms with van der Waals surface area (Å²) in [6.45, 7) is 4.13. The molecule has 3 rings (SSSR count). The highest BCUT2D eigenvalue weighted by molar-refractivity contribution is 7.10. The van der Waals surface area contributed by atoms with Gasteiger partial charge in [-0.15, -0.1) is 11.3 Å². The van der Waals surface area contributed by atoms with Crippen LogP contribution in [0.5, 0.6) is 0 Å². The van der Waals surface area contributed by atoms with Crippen molar-refractivity contribution in [3.05, 3.63) is 70.0 Å². The number of anilines is 3. The Labute approximate surface area is 145 Å². The molecule has 24 heavy (non-hydrogen) atoms. The van der Waals surface area contributed by atoms with Crippen LogP contribution in [0.25, 0.3) is 0 Å². The first-order valence-electron chi connectivity index (χ1n) is 7.73. The van der Waals surface area contributed by atoms with Gasteiger partial charge in [0.1, 0.15) is 5.82 Å². The van der Waals surface area contributed by atoms with E-state index in [0.29, 0.717) is 12.2 Å². The zero-order valence-corrected chi connectivity index (χ0v) is 14.5. The van der Waals surface area contributed by atoms with Gasteiger partial charge in [0.25, 0.3) is 0 Å². The van der Waals surface area contributed by atoms with Crippen LogP contribution in [-0.4, -0.2) is 10.9 Å². The van der Waals surface area contributed by atoms with Crippen molar-refractivity contribution < 1.29 is 4.79 Å². The Balaban J connectivity index is 1.62. The normalized spacial score (nSPS) is 10.4. The highest BCUT2D eigenvalue weighted by atomic mass is 32.1. The fourth-order valence-corrected chi connectivity index (χ4v) is 3.03. The average molecular weight is 337 g/mol. The lowest BCUT2D eigenvalue weighted by atomic mass is 10.1. The van der Waals surface area contributed by atoms with Crippen molar-refractivity contribution in [2.24, 2.45) is 0 Å². The quantitative estimate of drug-likeness (QED) is 0.710. The first-order chi connectivity index (χ1) is 11.6. The number of aryl methyl sites for hydroxylation is 2. The molecule has 1 aromatic carbocycles. The second kappa shape index (κ2) is 7.27. The van der Waals surface area contributed by atoms with Gasteiger partial charge in [-0.3, -0.25) is 4.79 Å². The average Bonchev–Trinajstić information content (AvgIpc) is 3.05. The molecule has 1 amide bonds. The molecule has 2 aromatic heterocycles. The first-order valence-corrected chi connectivity index (χ1v) is 8.61. The number of benzene rings is 1. The lowest BCUT2D eigenvalue weighted by Crippen LogP contribution is -2.14. The van der Waals surface area contributed by atoms with E-state index in [1.807, 2.05) is 23.6 Å². The molecule has 0 saturated carbocycles. The second-order valence-corrected chi connectivity index (χ2v) is 6.71. The molecule has 2 N–H and O–H groups in total. The molecule has 0 aliphatic rings. The van der Waals surface area contributed by atoms with E-state index in [-0.39, 0.29) is 5.91 Å². The summed E-state index contributed by atoms with van der Waals surface area (Å²) in [4.78, 5) is 17.3. The number of carbonyl (C=O) groups excluding carboxylic acids is 1. The third-order valence-corrected chi connectivity index (χ3v) is 4.49. The van der Waals surface area contributed by atoms with Crippen LogP contribution in [-0.2, 0) is 11.2 Å². The topological polar surface area (TPSA) is 54.0 Å².